The number of hydrogen-bond donors (Lipinski definition) is 1. The number of methoxy groups -OCH3 is 1. The van der Waals surface area contributed by atoms with Crippen LogP contribution in [0, 0.1) is 17.3 Å². The summed E-state index contributed by atoms with van der Waals surface area (Å²) in [6.45, 7) is 3.88. The second-order valence-electron chi connectivity index (χ2n) is 5.35. The highest BCUT2D eigenvalue weighted by Gasteiger charge is 2.54. The van der Waals surface area contributed by atoms with Crippen LogP contribution in [0.5, 0.6) is 0 Å². The molecule has 0 bridgehead atoms. The molecule has 0 aromatic rings. The van der Waals surface area contributed by atoms with E-state index in [0.29, 0.717) is 6.42 Å². The highest BCUT2D eigenvalue weighted by molar-refractivity contribution is 5.99. The Morgan fingerprint density at radius 2 is 1.88 bits per heavy atom. The van der Waals surface area contributed by atoms with Gasteiger partial charge < -0.3 is 9.84 Å². The van der Waals surface area contributed by atoms with Gasteiger partial charge in [-0.3, -0.25) is 9.59 Å². The largest absolute Gasteiger partial charge is 0.480 e. The molecule has 0 aromatic carbocycles. The summed E-state index contributed by atoms with van der Waals surface area (Å²) in [6, 6.07) is 0. The highest BCUT2D eigenvalue weighted by Crippen LogP contribution is 2.45. The van der Waals surface area contributed by atoms with E-state index in [4.69, 9.17) is 4.74 Å². The van der Waals surface area contributed by atoms with Crippen LogP contribution in [0.25, 0.3) is 0 Å². The molecule has 0 aromatic heterocycles. The number of rotatable bonds is 5. The Labute approximate surface area is 102 Å². The van der Waals surface area contributed by atoms with Crippen LogP contribution in [0.15, 0.2) is 0 Å². The van der Waals surface area contributed by atoms with E-state index in [-0.39, 0.29) is 11.8 Å². The van der Waals surface area contributed by atoms with Crippen LogP contribution >= 0.6 is 0 Å². The summed E-state index contributed by atoms with van der Waals surface area (Å²) in [5, 5.41) is 9.53. The van der Waals surface area contributed by atoms with Crippen molar-refractivity contribution in [2.45, 2.75) is 46.0 Å². The molecule has 98 valence electrons. The first-order chi connectivity index (χ1) is 7.95. The highest BCUT2D eigenvalue weighted by atomic mass is 16.5. The number of carbonyl (C=O) groups excluding carboxylic acids is 1. The molecule has 0 saturated heterocycles. The van der Waals surface area contributed by atoms with Crippen molar-refractivity contribution < 1.29 is 19.4 Å². The number of aliphatic carboxylic acids is 1. The molecule has 4 nitrogen and oxygen atoms in total. The number of esters is 1. The van der Waals surface area contributed by atoms with Crippen molar-refractivity contribution in [3.8, 4) is 0 Å². The van der Waals surface area contributed by atoms with Gasteiger partial charge in [-0.15, -0.1) is 0 Å². The zero-order valence-corrected chi connectivity index (χ0v) is 10.9. The van der Waals surface area contributed by atoms with Gasteiger partial charge in [0.15, 0.2) is 5.41 Å². The minimum Gasteiger partial charge on any atom is -0.480 e. The number of hydrogen-bond acceptors (Lipinski definition) is 3. The molecule has 0 amide bonds. The molecule has 1 atom stereocenters. The first-order valence-electron chi connectivity index (χ1n) is 6.27. The van der Waals surface area contributed by atoms with Crippen LogP contribution in [0.3, 0.4) is 0 Å². The van der Waals surface area contributed by atoms with Crippen LogP contribution in [-0.2, 0) is 14.3 Å². The third kappa shape index (κ3) is 2.61. The average molecular weight is 242 g/mol. The molecule has 0 aliphatic heterocycles. The summed E-state index contributed by atoms with van der Waals surface area (Å²) in [5.74, 6) is -1.52. The second-order valence-corrected chi connectivity index (χ2v) is 5.35. The molecule has 1 saturated carbocycles. The fourth-order valence-corrected chi connectivity index (χ4v) is 3.01. The third-order valence-corrected chi connectivity index (χ3v) is 3.71. The standard InChI is InChI=1S/C13H22O4/c1-9(2)8-13(11(14)15,12(16)17-3)10-6-4-5-7-10/h9-10H,4-8H2,1-3H3,(H,14,15). The quantitative estimate of drug-likeness (QED) is 0.594. The first kappa shape index (κ1) is 14.0. The minimum absolute atomic E-state index is 0.0742. The van der Waals surface area contributed by atoms with Crippen molar-refractivity contribution >= 4 is 11.9 Å². The van der Waals surface area contributed by atoms with E-state index >= 15 is 0 Å². The molecule has 4 heteroatoms. The molecule has 0 heterocycles. The van der Waals surface area contributed by atoms with Crippen molar-refractivity contribution in [3.63, 3.8) is 0 Å². The molecule has 0 radical (unpaired) electrons. The van der Waals surface area contributed by atoms with Crippen molar-refractivity contribution in [2.24, 2.45) is 17.3 Å². The molecular formula is C13H22O4. The van der Waals surface area contributed by atoms with Gasteiger partial charge in [-0.1, -0.05) is 26.7 Å². The molecule has 1 unspecified atom stereocenters. The summed E-state index contributed by atoms with van der Waals surface area (Å²) in [7, 11) is 1.27. The van der Waals surface area contributed by atoms with Gasteiger partial charge in [0.05, 0.1) is 7.11 Å². The van der Waals surface area contributed by atoms with Gasteiger partial charge in [-0.05, 0) is 31.1 Å². The Morgan fingerprint density at radius 1 is 1.35 bits per heavy atom. The van der Waals surface area contributed by atoms with E-state index in [2.05, 4.69) is 0 Å². The molecule has 17 heavy (non-hydrogen) atoms. The normalized spacial score (nSPS) is 20.2. The Bertz CT molecular complexity index is 292. The Kier molecular flexibility index (Phi) is 4.54. The maximum atomic E-state index is 12.0. The zero-order valence-electron chi connectivity index (χ0n) is 10.9. The molecule has 1 aliphatic carbocycles. The summed E-state index contributed by atoms with van der Waals surface area (Å²) in [4.78, 5) is 23.6. The molecule has 0 spiro atoms. The van der Waals surface area contributed by atoms with Gasteiger partial charge in [0.2, 0.25) is 0 Å². The minimum atomic E-state index is -1.33. The zero-order chi connectivity index (χ0) is 13.1. The van der Waals surface area contributed by atoms with Crippen molar-refractivity contribution in [3.05, 3.63) is 0 Å². The van der Waals surface area contributed by atoms with E-state index in [1.807, 2.05) is 13.8 Å². The van der Waals surface area contributed by atoms with E-state index < -0.39 is 17.4 Å². The molecule has 1 aliphatic rings. The molecule has 1 fully saturated rings. The van der Waals surface area contributed by atoms with Gasteiger partial charge in [0.25, 0.3) is 0 Å². The maximum absolute atomic E-state index is 12.0. The summed E-state index contributed by atoms with van der Waals surface area (Å²) >= 11 is 0. The fraction of sp³-hybridized carbons (Fsp3) is 0.846. The summed E-state index contributed by atoms with van der Waals surface area (Å²) < 4.78 is 4.77. The first-order valence-corrected chi connectivity index (χ1v) is 6.27. The fourth-order valence-electron chi connectivity index (χ4n) is 3.01. The summed E-state index contributed by atoms with van der Waals surface area (Å²) in [6.07, 6.45) is 4.01. The lowest BCUT2D eigenvalue weighted by Gasteiger charge is -2.33. The smallest absolute Gasteiger partial charge is 0.323 e. The molecule has 1 N–H and O–H groups in total. The van der Waals surface area contributed by atoms with Gasteiger partial charge in [-0.25, -0.2) is 0 Å². The predicted octanol–water partition coefficient (Wildman–Crippen LogP) is 2.47. The van der Waals surface area contributed by atoms with Crippen LogP contribution in [0.1, 0.15) is 46.0 Å². The lowest BCUT2D eigenvalue weighted by atomic mass is 9.69. The van der Waals surface area contributed by atoms with Crippen LogP contribution in [-0.4, -0.2) is 24.2 Å². The lowest BCUT2D eigenvalue weighted by Crippen LogP contribution is -2.46. The van der Waals surface area contributed by atoms with Crippen LogP contribution < -0.4 is 0 Å². The number of carboxylic acids is 1. The Morgan fingerprint density at radius 3 is 2.24 bits per heavy atom. The average Bonchev–Trinajstić information content (AvgIpc) is 2.77. The molecule has 1 rings (SSSR count). The maximum Gasteiger partial charge on any atom is 0.323 e. The van der Waals surface area contributed by atoms with E-state index in [0.717, 1.165) is 25.7 Å². The predicted molar refractivity (Wildman–Crippen MR) is 63.5 cm³/mol. The Hall–Kier alpha value is -1.06. The number of carboxylic acid groups (broad SMARTS) is 1. The number of carbonyl (C=O) groups is 2. The van der Waals surface area contributed by atoms with Gasteiger partial charge in [-0.2, -0.15) is 0 Å². The van der Waals surface area contributed by atoms with Gasteiger partial charge in [0, 0.05) is 0 Å². The van der Waals surface area contributed by atoms with Crippen LogP contribution in [0.4, 0.5) is 0 Å². The SMILES string of the molecule is COC(=O)C(CC(C)C)(C(=O)O)C1CCCC1. The van der Waals surface area contributed by atoms with Gasteiger partial charge in [0.1, 0.15) is 0 Å². The Balaban J connectivity index is 3.09. The van der Waals surface area contributed by atoms with Gasteiger partial charge >= 0.3 is 11.9 Å². The summed E-state index contributed by atoms with van der Waals surface area (Å²) in [5.41, 5.74) is -1.33. The van der Waals surface area contributed by atoms with Crippen molar-refractivity contribution in [2.75, 3.05) is 7.11 Å². The number of ether oxygens (including phenoxy) is 1. The van der Waals surface area contributed by atoms with Crippen LogP contribution in [0.2, 0.25) is 0 Å². The lowest BCUT2D eigenvalue weighted by molar-refractivity contribution is -0.173. The van der Waals surface area contributed by atoms with E-state index in [1.54, 1.807) is 0 Å². The monoisotopic (exact) mass is 242 g/mol. The third-order valence-electron chi connectivity index (χ3n) is 3.71. The van der Waals surface area contributed by atoms with Crippen molar-refractivity contribution in [1.29, 1.82) is 0 Å². The van der Waals surface area contributed by atoms with E-state index in [9.17, 15) is 14.7 Å². The molecular weight excluding hydrogens is 220 g/mol. The van der Waals surface area contributed by atoms with Crippen molar-refractivity contribution in [1.82, 2.24) is 0 Å². The topological polar surface area (TPSA) is 63.6 Å². The second kappa shape index (κ2) is 5.52. The van der Waals surface area contributed by atoms with E-state index in [1.165, 1.54) is 7.11 Å².